The van der Waals surface area contributed by atoms with Crippen molar-refractivity contribution in [2.45, 2.75) is 0 Å². The number of benzene rings is 4. The fourth-order valence-corrected chi connectivity index (χ4v) is 7.39. The topological polar surface area (TPSA) is 57.4 Å². The molecular formula is C44H26AlCl7N4. The molecule has 0 fully saturated rings. The Morgan fingerprint density at radius 3 is 0.696 bits per heavy atom. The number of hydrogen-bond acceptors (Lipinski definition) is 2. The summed E-state index contributed by atoms with van der Waals surface area (Å²) < 4.78 is 0. The van der Waals surface area contributed by atoms with Crippen LogP contribution in [-0.2, 0) is 0 Å². The van der Waals surface area contributed by atoms with Crippen molar-refractivity contribution in [3.63, 3.8) is 0 Å². The summed E-state index contributed by atoms with van der Waals surface area (Å²) in [5.74, 6) is 0. The van der Waals surface area contributed by atoms with E-state index in [2.05, 4.69) is 58.5 Å². The largest absolute Gasteiger partial charge is 3.00 e. The molecule has 0 unspecified atom stereocenters. The fraction of sp³-hybridized carbons (Fsp3) is 0. The van der Waals surface area contributed by atoms with Gasteiger partial charge in [0.2, 0.25) is 0 Å². The van der Waals surface area contributed by atoms with E-state index in [1.54, 1.807) is 0 Å². The summed E-state index contributed by atoms with van der Waals surface area (Å²) >= 11 is 25.5. The van der Waals surface area contributed by atoms with Crippen LogP contribution in [0.2, 0.25) is 20.1 Å². The first kappa shape index (κ1) is 43.2. The maximum Gasteiger partial charge on any atom is 3.00 e. The average molecular weight is 886 g/mol. The van der Waals surface area contributed by atoms with Gasteiger partial charge < -0.3 is 47.2 Å². The summed E-state index contributed by atoms with van der Waals surface area (Å²) in [4.78, 5) is 18.1. The Morgan fingerprint density at radius 2 is 0.500 bits per heavy atom. The molecule has 0 aliphatic carbocycles. The van der Waals surface area contributed by atoms with Crippen LogP contribution in [0.25, 0.3) is 90.9 Å². The molecule has 0 radical (unpaired) electrons. The van der Waals surface area contributed by atoms with Gasteiger partial charge >= 0.3 is 17.4 Å². The van der Waals surface area contributed by atoms with Crippen LogP contribution in [0.15, 0.2) is 121 Å². The van der Waals surface area contributed by atoms with Crippen molar-refractivity contribution in [2.24, 2.45) is 0 Å². The van der Waals surface area contributed by atoms with Gasteiger partial charge in [-0.25, -0.2) is 9.97 Å². The smallest absolute Gasteiger partial charge is 1.00 e. The van der Waals surface area contributed by atoms with Gasteiger partial charge in [-0.05, 0) is 119 Å². The molecule has 2 N–H and O–H groups in total. The quantitative estimate of drug-likeness (QED) is 0.255. The van der Waals surface area contributed by atoms with Crippen molar-refractivity contribution in [1.29, 1.82) is 0 Å². The molecule has 9 rings (SSSR count). The Hall–Kier alpha value is -3.96. The van der Waals surface area contributed by atoms with Gasteiger partial charge in [-0.1, -0.05) is 94.9 Å². The summed E-state index contributed by atoms with van der Waals surface area (Å²) in [6.07, 6.45) is 8.27. The minimum Gasteiger partial charge on any atom is -1.00 e. The molecule has 4 aromatic carbocycles. The molecule has 0 atom stereocenters. The first-order valence-corrected chi connectivity index (χ1v) is 18.1. The molecular weight excluding hydrogens is 860 g/mol. The predicted molar refractivity (Wildman–Crippen MR) is 226 cm³/mol. The van der Waals surface area contributed by atoms with Crippen LogP contribution in [0.3, 0.4) is 0 Å². The predicted octanol–water partition coefficient (Wildman–Crippen LogP) is 4.57. The van der Waals surface area contributed by atoms with Gasteiger partial charge in [-0.2, -0.15) is 0 Å². The van der Waals surface area contributed by atoms with Gasteiger partial charge in [0, 0.05) is 64.4 Å². The molecule has 2 aliphatic heterocycles. The zero-order chi connectivity index (χ0) is 35.3. The second-order valence-electron chi connectivity index (χ2n) is 12.5. The Kier molecular flexibility index (Phi) is 14.0. The molecule has 274 valence electrons. The normalized spacial score (nSPS) is 11.2. The number of rotatable bonds is 4. The molecule has 0 amide bonds. The third-order valence-corrected chi connectivity index (χ3v) is 10.3. The van der Waals surface area contributed by atoms with E-state index in [1.807, 2.05) is 97.1 Å². The first-order valence-electron chi connectivity index (χ1n) is 16.6. The van der Waals surface area contributed by atoms with Crippen LogP contribution in [0.5, 0.6) is 0 Å². The number of aromatic amines is 2. The van der Waals surface area contributed by atoms with Crippen LogP contribution in [0, 0.1) is 0 Å². The summed E-state index contributed by atoms with van der Waals surface area (Å²) in [6, 6.07) is 39.8. The second-order valence-corrected chi connectivity index (χ2v) is 14.3. The zero-order valence-electron chi connectivity index (χ0n) is 29.0. The zero-order valence-corrected chi connectivity index (χ0v) is 35.4. The van der Waals surface area contributed by atoms with Crippen LogP contribution >= 0.6 is 46.4 Å². The van der Waals surface area contributed by atoms with Crippen LogP contribution in [-0.4, -0.2) is 37.3 Å². The molecule has 2 aliphatic rings. The molecule has 56 heavy (non-hydrogen) atoms. The third-order valence-electron chi connectivity index (χ3n) is 9.29. The maximum absolute atomic E-state index is 6.37. The average Bonchev–Trinajstić information content (AvgIpc) is 3.99. The Balaban J connectivity index is 0.00000150. The molecule has 0 spiro atoms. The van der Waals surface area contributed by atoms with Crippen molar-refractivity contribution < 1.29 is 37.2 Å². The van der Waals surface area contributed by atoms with Gasteiger partial charge in [0.1, 0.15) is 0 Å². The standard InChI is InChI=1S/C44H26Cl4N4.Al.3ClH/c45-29-9-1-25(2-10-29)41-33-17-19-35(49-33)42(26-3-11-30(46)12-4-26)37-21-23-39(51-37)44(28-7-15-32(48)16-8-28)40-24-22-38(52-40)43(36-20-18-34(41)50-36)27-5-13-31(47)14-6-27;;;;/h1-24,49,52H;;3*1H/q;+3;;;/p-3. The van der Waals surface area contributed by atoms with E-state index in [0.29, 0.717) is 20.1 Å². The second kappa shape index (κ2) is 18.1. The van der Waals surface area contributed by atoms with Gasteiger partial charge in [0.25, 0.3) is 0 Å². The number of H-pyrrole nitrogens is 2. The first-order chi connectivity index (χ1) is 25.4. The molecule has 8 bridgehead atoms. The SMILES string of the molecule is Clc1ccc(-c2c3nc(c(-c4ccc(Cl)cc4)c4ccc([nH]4)c(-c4ccc(Cl)cc4)c4nc(c(-c5ccc(Cl)cc5)c5ccc2[nH]5)C=C4)C=C3)cc1.[Al+3].[Cl-].[Cl-].[Cl-]. The molecule has 7 aromatic rings. The van der Waals surface area contributed by atoms with Crippen molar-refractivity contribution in [3.8, 4) is 44.5 Å². The van der Waals surface area contributed by atoms with Crippen LogP contribution in [0.1, 0.15) is 22.8 Å². The van der Waals surface area contributed by atoms with Gasteiger partial charge in [-0.15, -0.1) is 0 Å². The Morgan fingerprint density at radius 1 is 0.304 bits per heavy atom. The summed E-state index contributed by atoms with van der Waals surface area (Å²) in [5, 5.41) is 2.64. The molecule has 0 saturated carbocycles. The van der Waals surface area contributed by atoms with Crippen LogP contribution < -0.4 is 37.2 Å². The van der Waals surface area contributed by atoms with E-state index < -0.39 is 0 Å². The minimum absolute atomic E-state index is 0. The summed E-state index contributed by atoms with van der Waals surface area (Å²) in [7, 11) is 0. The number of halogens is 7. The van der Waals surface area contributed by atoms with E-state index in [0.717, 1.165) is 89.4 Å². The monoisotopic (exact) mass is 882 g/mol. The van der Waals surface area contributed by atoms with E-state index in [9.17, 15) is 0 Å². The van der Waals surface area contributed by atoms with Crippen LogP contribution in [0.4, 0.5) is 0 Å². The number of aromatic nitrogens is 4. The molecule has 12 heteroatoms. The number of hydrogen-bond donors (Lipinski definition) is 2. The molecule has 0 saturated heterocycles. The van der Waals surface area contributed by atoms with E-state index in [1.165, 1.54) is 0 Å². The molecule has 5 heterocycles. The summed E-state index contributed by atoms with van der Waals surface area (Å²) in [6.45, 7) is 0. The van der Waals surface area contributed by atoms with E-state index in [-0.39, 0.29) is 54.6 Å². The van der Waals surface area contributed by atoms with Gasteiger partial charge in [0.05, 0.1) is 22.8 Å². The Bertz CT molecular complexity index is 2380. The number of nitrogens with one attached hydrogen (secondary N) is 2. The van der Waals surface area contributed by atoms with Crippen molar-refractivity contribution >= 4 is 110 Å². The van der Waals surface area contributed by atoms with Gasteiger partial charge in [0.15, 0.2) is 0 Å². The fourth-order valence-electron chi connectivity index (χ4n) is 6.89. The third kappa shape index (κ3) is 8.35. The Labute approximate surface area is 373 Å². The summed E-state index contributed by atoms with van der Waals surface area (Å²) in [5.41, 5.74) is 14.5. The molecule has 3 aromatic heterocycles. The van der Waals surface area contributed by atoms with Gasteiger partial charge in [-0.3, -0.25) is 0 Å². The maximum atomic E-state index is 6.37. The number of nitrogens with zero attached hydrogens (tertiary/aromatic N) is 2. The van der Waals surface area contributed by atoms with Crippen molar-refractivity contribution in [3.05, 3.63) is 164 Å². The van der Waals surface area contributed by atoms with Crippen molar-refractivity contribution in [2.75, 3.05) is 0 Å². The number of fused-ring (bicyclic) bond motifs is 8. The minimum atomic E-state index is 0. The van der Waals surface area contributed by atoms with Crippen molar-refractivity contribution in [1.82, 2.24) is 19.9 Å². The van der Waals surface area contributed by atoms with E-state index >= 15 is 0 Å². The van der Waals surface area contributed by atoms with E-state index in [4.69, 9.17) is 56.4 Å². The molecule has 4 nitrogen and oxygen atoms in total.